The number of nitrogens with two attached hydrogens (primary N) is 1. The lowest BCUT2D eigenvalue weighted by molar-refractivity contribution is 0.0512. The lowest BCUT2D eigenvalue weighted by atomic mass is 9.80. The van der Waals surface area contributed by atoms with Crippen LogP contribution >= 0.6 is 0 Å². The Morgan fingerprint density at radius 3 is 2.47 bits per heavy atom. The molecule has 0 saturated heterocycles. The Morgan fingerprint density at radius 1 is 1.06 bits per heavy atom. The maximum Gasteiger partial charge on any atom is 0.0717 e. The molecule has 1 aliphatic carbocycles. The molecule has 0 spiro atoms. The smallest absolute Gasteiger partial charge is 0.0717 e. The van der Waals surface area contributed by atoms with E-state index in [1.807, 2.05) is 6.07 Å². The molecule has 2 N–H and O–H groups in total. The molecule has 1 aromatic carbocycles. The van der Waals surface area contributed by atoms with Gasteiger partial charge in [0.2, 0.25) is 0 Å². The van der Waals surface area contributed by atoms with Crippen LogP contribution in [0.5, 0.6) is 0 Å². The van der Waals surface area contributed by atoms with E-state index < -0.39 is 0 Å². The molecule has 1 aliphatic rings. The zero-order valence-electron chi connectivity index (χ0n) is 10.5. The first-order valence-electron chi connectivity index (χ1n) is 6.72. The standard InChI is InChI=1S/C15H23NO/c16-10-14-8-4-5-9-15(14)12-17-11-13-6-2-1-3-7-13/h1-3,6-7,14-15H,4-5,8-12,16H2. The topological polar surface area (TPSA) is 35.2 Å². The van der Waals surface area contributed by atoms with Crippen molar-refractivity contribution in [3.8, 4) is 0 Å². The van der Waals surface area contributed by atoms with Gasteiger partial charge in [-0.05, 0) is 36.8 Å². The second-order valence-electron chi connectivity index (χ2n) is 5.04. The summed E-state index contributed by atoms with van der Waals surface area (Å²) < 4.78 is 5.84. The first-order chi connectivity index (χ1) is 8.40. The first kappa shape index (κ1) is 12.6. The normalized spacial score (nSPS) is 24.8. The summed E-state index contributed by atoms with van der Waals surface area (Å²) in [7, 11) is 0. The second-order valence-corrected chi connectivity index (χ2v) is 5.04. The molecule has 1 fully saturated rings. The summed E-state index contributed by atoms with van der Waals surface area (Å²) in [4.78, 5) is 0. The van der Waals surface area contributed by atoms with Crippen molar-refractivity contribution < 1.29 is 4.74 Å². The molecule has 0 aromatic heterocycles. The highest BCUT2D eigenvalue weighted by Gasteiger charge is 2.23. The SMILES string of the molecule is NCC1CCCCC1COCc1ccccc1. The second kappa shape index (κ2) is 6.77. The van der Waals surface area contributed by atoms with Gasteiger partial charge < -0.3 is 10.5 Å². The molecule has 2 heteroatoms. The molecule has 17 heavy (non-hydrogen) atoms. The third-order valence-electron chi connectivity index (χ3n) is 3.81. The summed E-state index contributed by atoms with van der Waals surface area (Å²) >= 11 is 0. The molecule has 2 unspecified atom stereocenters. The fraction of sp³-hybridized carbons (Fsp3) is 0.600. The Morgan fingerprint density at radius 2 is 1.76 bits per heavy atom. The third-order valence-corrected chi connectivity index (χ3v) is 3.81. The summed E-state index contributed by atoms with van der Waals surface area (Å²) in [6, 6.07) is 10.4. The maximum absolute atomic E-state index is 5.84. The van der Waals surface area contributed by atoms with Crippen LogP contribution in [0.4, 0.5) is 0 Å². The van der Waals surface area contributed by atoms with Crippen molar-refractivity contribution in [2.75, 3.05) is 13.2 Å². The van der Waals surface area contributed by atoms with Crippen LogP contribution in [0, 0.1) is 11.8 Å². The van der Waals surface area contributed by atoms with Gasteiger partial charge in [0.1, 0.15) is 0 Å². The molecule has 94 valence electrons. The molecule has 1 aromatic rings. The van der Waals surface area contributed by atoms with Gasteiger partial charge in [-0.3, -0.25) is 0 Å². The number of hydrogen-bond donors (Lipinski definition) is 1. The van der Waals surface area contributed by atoms with Gasteiger partial charge in [-0.2, -0.15) is 0 Å². The van der Waals surface area contributed by atoms with Crippen molar-refractivity contribution in [2.45, 2.75) is 32.3 Å². The average Bonchev–Trinajstić information content (AvgIpc) is 2.40. The van der Waals surface area contributed by atoms with Gasteiger partial charge in [0.05, 0.1) is 13.2 Å². The van der Waals surface area contributed by atoms with Gasteiger partial charge >= 0.3 is 0 Å². The van der Waals surface area contributed by atoms with Crippen LogP contribution in [0.2, 0.25) is 0 Å². The summed E-state index contributed by atoms with van der Waals surface area (Å²) in [6.45, 7) is 2.42. The molecule has 0 heterocycles. The predicted molar refractivity (Wildman–Crippen MR) is 70.6 cm³/mol. The summed E-state index contributed by atoms with van der Waals surface area (Å²) in [5.74, 6) is 1.36. The number of ether oxygens (including phenoxy) is 1. The van der Waals surface area contributed by atoms with E-state index in [4.69, 9.17) is 10.5 Å². The molecule has 0 amide bonds. The van der Waals surface area contributed by atoms with E-state index in [2.05, 4.69) is 24.3 Å². The minimum atomic E-state index is 0.678. The third kappa shape index (κ3) is 3.83. The highest BCUT2D eigenvalue weighted by molar-refractivity contribution is 5.13. The van der Waals surface area contributed by atoms with Crippen LogP contribution in [0.3, 0.4) is 0 Å². The van der Waals surface area contributed by atoms with E-state index in [-0.39, 0.29) is 0 Å². The van der Waals surface area contributed by atoms with Crippen LogP contribution < -0.4 is 5.73 Å². The zero-order valence-corrected chi connectivity index (χ0v) is 10.5. The van der Waals surface area contributed by atoms with Crippen LogP contribution in [0.1, 0.15) is 31.2 Å². The largest absolute Gasteiger partial charge is 0.376 e. The van der Waals surface area contributed by atoms with Crippen molar-refractivity contribution in [2.24, 2.45) is 17.6 Å². The van der Waals surface area contributed by atoms with E-state index in [0.29, 0.717) is 11.8 Å². The fourth-order valence-corrected chi connectivity index (χ4v) is 2.72. The minimum Gasteiger partial charge on any atom is -0.376 e. The van der Waals surface area contributed by atoms with Crippen LogP contribution in [-0.2, 0) is 11.3 Å². The predicted octanol–water partition coefficient (Wildman–Crippen LogP) is 2.97. The summed E-state index contributed by atoms with van der Waals surface area (Å²) in [6.07, 6.45) is 5.26. The molecule has 0 aliphatic heterocycles. The van der Waals surface area contributed by atoms with Crippen molar-refractivity contribution >= 4 is 0 Å². The van der Waals surface area contributed by atoms with E-state index in [9.17, 15) is 0 Å². The molecular formula is C15H23NO. The lowest BCUT2D eigenvalue weighted by Gasteiger charge is -2.30. The Balaban J connectivity index is 1.74. The molecule has 2 nitrogen and oxygen atoms in total. The van der Waals surface area contributed by atoms with Gasteiger partial charge in [0.15, 0.2) is 0 Å². The Labute approximate surface area is 104 Å². The fourth-order valence-electron chi connectivity index (χ4n) is 2.72. The summed E-state index contributed by atoms with van der Waals surface area (Å²) in [5, 5.41) is 0. The molecule has 0 bridgehead atoms. The van der Waals surface area contributed by atoms with Gasteiger partial charge in [0, 0.05) is 0 Å². The van der Waals surface area contributed by atoms with Crippen molar-refractivity contribution in [3.63, 3.8) is 0 Å². The zero-order chi connectivity index (χ0) is 11.9. The van der Waals surface area contributed by atoms with E-state index >= 15 is 0 Å². The molecular weight excluding hydrogens is 210 g/mol. The van der Waals surface area contributed by atoms with E-state index in [1.54, 1.807) is 0 Å². The van der Waals surface area contributed by atoms with E-state index in [0.717, 1.165) is 19.8 Å². The van der Waals surface area contributed by atoms with Crippen LogP contribution in [0.15, 0.2) is 30.3 Å². The molecule has 0 radical (unpaired) electrons. The highest BCUT2D eigenvalue weighted by atomic mass is 16.5. The van der Waals surface area contributed by atoms with Gasteiger partial charge in [-0.15, -0.1) is 0 Å². The molecule has 2 atom stereocenters. The van der Waals surface area contributed by atoms with Crippen LogP contribution in [0.25, 0.3) is 0 Å². The Bertz CT molecular complexity index is 312. The van der Waals surface area contributed by atoms with Crippen LogP contribution in [-0.4, -0.2) is 13.2 Å². The van der Waals surface area contributed by atoms with Gasteiger partial charge in [-0.25, -0.2) is 0 Å². The number of hydrogen-bond acceptors (Lipinski definition) is 2. The van der Waals surface area contributed by atoms with Gasteiger partial charge in [0.25, 0.3) is 0 Å². The number of rotatable bonds is 5. The lowest BCUT2D eigenvalue weighted by Crippen LogP contribution is -2.29. The monoisotopic (exact) mass is 233 g/mol. The first-order valence-corrected chi connectivity index (χ1v) is 6.72. The Kier molecular flexibility index (Phi) is 5.02. The maximum atomic E-state index is 5.84. The minimum absolute atomic E-state index is 0.678. The Hall–Kier alpha value is -0.860. The van der Waals surface area contributed by atoms with Crippen molar-refractivity contribution in [1.82, 2.24) is 0 Å². The number of benzene rings is 1. The molecule has 2 rings (SSSR count). The average molecular weight is 233 g/mol. The van der Waals surface area contributed by atoms with Gasteiger partial charge in [-0.1, -0.05) is 43.2 Å². The van der Waals surface area contributed by atoms with E-state index in [1.165, 1.54) is 31.2 Å². The summed E-state index contributed by atoms with van der Waals surface area (Å²) in [5.41, 5.74) is 7.08. The molecule has 1 saturated carbocycles. The quantitative estimate of drug-likeness (QED) is 0.848. The highest BCUT2D eigenvalue weighted by Crippen LogP contribution is 2.29. The van der Waals surface area contributed by atoms with Crippen molar-refractivity contribution in [1.29, 1.82) is 0 Å². The van der Waals surface area contributed by atoms with Crippen molar-refractivity contribution in [3.05, 3.63) is 35.9 Å².